The zero-order valence-corrected chi connectivity index (χ0v) is 23.7. The van der Waals surface area contributed by atoms with Gasteiger partial charge in [0.25, 0.3) is 0 Å². The average Bonchev–Trinajstić information content (AvgIpc) is 2.88. The summed E-state index contributed by atoms with van der Waals surface area (Å²) in [6.45, 7) is 6.63. The lowest BCUT2D eigenvalue weighted by atomic mass is 9.97. The number of unbranched alkanes of at least 4 members (excludes halogenated alkanes) is 11. The van der Waals surface area contributed by atoms with Gasteiger partial charge in [-0.1, -0.05) is 122 Å². The van der Waals surface area contributed by atoms with Crippen LogP contribution in [0.5, 0.6) is 0 Å². The fourth-order valence-corrected chi connectivity index (χ4v) is 4.71. The summed E-state index contributed by atoms with van der Waals surface area (Å²) in [5, 5.41) is 26.3. The van der Waals surface area contributed by atoms with Gasteiger partial charge in [0.2, 0.25) is 5.91 Å². The number of aliphatic hydroxyl groups excluding tert-OH is 1. The minimum absolute atomic E-state index is 0.100. The third-order valence-electron chi connectivity index (χ3n) is 7.12. The van der Waals surface area contributed by atoms with E-state index in [0.29, 0.717) is 12.8 Å². The van der Waals surface area contributed by atoms with Gasteiger partial charge in [-0.2, -0.15) is 0 Å². The molecule has 0 fully saturated rings. The molecule has 0 aliphatic heterocycles. The highest BCUT2D eigenvalue weighted by Crippen LogP contribution is 2.14. The largest absolute Gasteiger partial charge is 0.480 e. The molecule has 4 N–H and O–H groups in total. The predicted molar refractivity (Wildman–Crippen MR) is 153 cm³/mol. The minimum Gasteiger partial charge on any atom is -0.480 e. The van der Waals surface area contributed by atoms with E-state index in [2.05, 4.69) is 29.7 Å². The third-order valence-corrected chi connectivity index (χ3v) is 7.12. The highest BCUT2D eigenvalue weighted by molar-refractivity contribution is 5.83. The Labute approximate surface area is 226 Å². The van der Waals surface area contributed by atoms with E-state index < -0.39 is 18.1 Å². The molecule has 0 spiro atoms. The molecule has 212 valence electrons. The van der Waals surface area contributed by atoms with Gasteiger partial charge < -0.3 is 20.8 Å². The summed E-state index contributed by atoms with van der Waals surface area (Å²) in [5.74, 6) is -1.57. The van der Waals surface area contributed by atoms with Gasteiger partial charge in [-0.15, -0.1) is 0 Å². The van der Waals surface area contributed by atoms with Crippen LogP contribution in [0.25, 0.3) is 0 Å². The van der Waals surface area contributed by atoms with Gasteiger partial charge in [-0.3, -0.25) is 4.79 Å². The summed E-state index contributed by atoms with van der Waals surface area (Å²) in [6.07, 6.45) is 16.1. The Hall–Kier alpha value is -1.92. The number of amides is 1. The molecule has 0 aromatic heterocycles. The molecular weight excluding hydrogens is 464 g/mol. The van der Waals surface area contributed by atoms with E-state index in [4.69, 9.17) is 0 Å². The van der Waals surface area contributed by atoms with Crippen LogP contribution >= 0.6 is 0 Å². The number of aliphatic hydroxyl groups is 1. The van der Waals surface area contributed by atoms with Crippen molar-refractivity contribution in [3.63, 3.8) is 0 Å². The number of benzene rings is 1. The number of hydrogen-bond donors (Lipinski definition) is 4. The van der Waals surface area contributed by atoms with Crippen LogP contribution in [0.2, 0.25) is 0 Å². The van der Waals surface area contributed by atoms with Crippen molar-refractivity contribution in [2.24, 2.45) is 5.92 Å². The number of aliphatic carboxylic acids is 1. The zero-order chi connectivity index (χ0) is 27.3. The van der Waals surface area contributed by atoms with Crippen LogP contribution in [0.3, 0.4) is 0 Å². The van der Waals surface area contributed by atoms with Gasteiger partial charge in [0, 0.05) is 12.5 Å². The van der Waals surface area contributed by atoms with Gasteiger partial charge in [-0.25, -0.2) is 4.79 Å². The van der Waals surface area contributed by atoms with Crippen LogP contribution in [-0.4, -0.2) is 46.8 Å². The molecule has 1 aromatic carbocycles. The van der Waals surface area contributed by atoms with Crippen molar-refractivity contribution in [2.45, 2.75) is 135 Å². The molecule has 0 saturated heterocycles. The number of carbonyl (C=O) groups is 2. The second-order valence-electron chi connectivity index (χ2n) is 10.9. The number of nitrogens with one attached hydrogen (secondary N) is 2. The number of carboxylic acid groups (broad SMARTS) is 1. The molecule has 0 saturated carbocycles. The van der Waals surface area contributed by atoms with Crippen LogP contribution in [0.4, 0.5) is 0 Å². The Morgan fingerprint density at radius 2 is 1.38 bits per heavy atom. The van der Waals surface area contributed by atoms with Crippen LogP contribution in [-0.2, 0) is 16.0 Å². The molecule has 0 heterocycles. The maximum atomic E-state index is 12.3. The van der Waals surface area contributed by atoms with Crippen molar-refractivity contribution in [2.75, 3.05) is 6.54 Å². The Morgan fingerprint density at radius 1 is 0.838 bits per heavy atom. The molecule has 0 aliphatic carbocycles. The van der Waals surface area contributed by atoms with Gasteiger partial charge in [0.1, 0.15) is 6.04 Å². The van der Waals surface area contributed by atoms with Gasteiger partial charge >= 0.3 is 5.97 Å². The van der Waals surface area contributed by atoms with E-state index in [1.54, 1.807) is 13.8 Å². The first-order chi connectivity index (χ1) is 17.8. The molecule has 0 radical (unpaired) electrons. The quantitative estimate of drug-likeness (QED) is 0.128. The van der Waals surface area contributed by atoms with Gasteiger partial charge in [-0.05, 0) is 37.3 Å². The number of carbonyl (C=O) groups excluding carboxylic acids is 1. The molecule has 0 bridgehead atoms. The number of hydrogen-bond acceptors (Lipinski definition) is 4. The van der Waals surface area contributed by atoms with Crippen LogP contribution in [0, 0.1) is 5.92 Å². The highest BCUT2D eigenvalue weighted by Gasteiger charge is 2.25. The van der Waals surface area contributed by atoms with Crippen molar-refractivity contribution in [3.8, 4) is 0 Å². The van der Waals surface area contributed by atoms with E-state index in [1.807, 2.05) is 18.2 Å². The molecule has 37 heavy (non-hydrogen) atoms. The fourth-order valence-electron chi connectivity index (χ4n) is 4.71. The SMILES string of the molecule is CCCCCCCCCCCCCCNC(Cc1ccccc1)C(O)CCC(=O)N[C@H](C(=O)O)C(C)C. The van der Waals surface area contributed by atoms with Crippen LogP contribution in [0.1, 0.15) is 116 Å². The van der Waals surface area contributed by atoms with Gasteiger partial charge in [0.05, 0.1) is 6.10 Å². The lowest BCUT2D eigenvalue weighted by Gasteiger charge is -2.25. The molecular formula is C31H54N2O4. The second-order valence-corrected chi connectivity index (χ2v) is 10.9. The Balaban J connectivity index is 2.35. The van der Waals surface area contributed by atoms with E-state index in [9.17, 15) is 19.8 Å². The Bertz CT molecular complexity index is 710. The van der Waals surface area contributed by atoms with Crippen molar-refractivity contribution in [1.29, 1.82) is 0 Å². The first-order valence-corrected chi connectivity index (χ1v) is 14.8. The van der Waals surface area contributed by atoms with E-state index in [-0.39, 0.29) is 24.3 Å². The standard InChI is InChI=1S/C31H54N2O4/c1-4-5-6-7-8-9-10-11-12-13-14-18-23-32-27(24-26-19-16-15-17-20-26)28(34)21-22-29(35)33-30(25(2)3)31(36)37/h15-17,19-20,25,27-28,30,32,34H,4-14,18,21-24H2,1-3H3,(H,33,35)(H,36,37)/t27?,28?,30-/m0/s1. The summed E-state index contributed by atoms with van der Waals surface area (Å²) in [4.78, 5) is 23.7. The van der Waals surface area contributed by atoms with Gasteiger partial charge in [0.15, 0.2) is 0 Å². The summed E-state index contributed by atoms with van der Waals surface area (Å²) < 4.78 is 0. The molecule has 1 rings (SSSR count). The first-order valence-electron chi connectivity index (χ1n) is 14.8. The maximum Gasteiger partial charge on any atom is 0.326 e. The van der Waals surface area contributed by atoms with E-state index in [0.717, 1.165) is 18.5 Å². The monoisotopic (exact) mass is 518 g/mol. The summed E-state index contributed by atoms with van der Waals surface area (Å²) in [7, 11) is 0. The summed E-state index contributed by atoms with van der Waals surface area (Å²) in [6, 6.07) is 9.02. The Morgan fingerprint density at radius 3 is 1.89 bits per heavy atom. The first kappa shape index (κ1) is 33.1. The lowest BCUT2D eigenvalue weighted by Crippen LogP contribution is -2.45. The number of rotatable bonds is 23. The van der Waals surface area contributed by atoms with Crippen LogP contribution < -0.4 is 10.6 Å². The molecule has 0 aliphatic rings. The second kappa shape index (κ2) is 21.1. The summed E-state index contributed by atoms with van der Waals surface area (Å²) >= 11 is 0. The van der Waals surface area contributed by atoms with Crippen molar-refractivity contribution in [3.05, 3.63) is 35.9 Å². The van der Waals surface area contributed by atoms with Crippen molar-refractivity contribution >= 4 is 11.9 Å². The molecule has 6 heteroatoms. The maximum absolute atomic E-state index is 12.3. The molecule has 3 atom stereocenters. The topological polar surface area (TPSA) is 98.7 Å². The smallest absolute Gasteiger partial charge is 0.326 e. The average molecular weight is 519 g/mol. The summed E-state index contributed by atoms with van der Waals surface area (Å²) in [5.41, 5.74) is 1.14. The third kappa shape index (κ3) is 16.5. The number of carboxylic acids is 1. The molecule has 2 unspecified atom stereocenters. The van der Waals surface area contributed by atoms with Crippen molar-refractivity contribution < 1.29 is 19.8 Å². The predicted octanol–water partition coefficient (Wildman–Crippen LogP) is 6.25. The fraction of sp³-hybridized carbons (Fsp3) is 0.742. The van der Waals surface area contributed by atoms with Crippen LogP contribution in [0.15, 0.2) is 30.3 Å². The van der Waals surface area contributed by atoms with E-state index in [1.165, 1.54) is 70.6 Å². The lowest BCUT2D eigenvalue weighted by molar-refractivity contribution is -0.143. The Kier molecular flexibility index (Phi) is 18.8. The minimum atomic E-state index is -1.03. The normalized spacial score (nSPS) is 13.9. The zero-order valence-electron chi connectivity index (χ0n) is 23.7. The molecule has 1 amide bonds. The molecule has 6 nitrogen and oxygen atoms in total. The molecule has 1 aromatic rings. The van der Waals surface area contributed by atoms with Crippen molar-refractivity contribution in [1.82, 2.24) is 10.6 Å². The highest BCUT2D eigenvalue weighted by atomic mass is 16.4. The van der Waals surface area contributed by atoms with E-state index >= 15 is 0 Å².